The van der Waals surface area contributed by atoms with E-state index in [1.807, 2.05) is 0 Å². The van der Waals surface area contributed by atoms with Crippen molar-refractivity contribution in [2.24, 2.45) is 0 Å². The minimum atomic E-state index is -0.396. The van der Waals surface area contributed by atoms with E-state index >= 15 is 0 Å². The van der Waals surface area contributed by atoms with Gasteiger partial charge >= 0.3 is 5.97 Å². The summed E-state index contributed by atoms with van der Waals surface area (Å²) in [6.07, 6.45) is 4.49. The topological polar surface area (TPSA) is 63.2 Å². The molecule has 0 atom stereocenters. The minimum absolute atomic E-state index is 0.224. The Hall–Kier alpha value is -0.660. The number of rotatable bonds is 19. The molecule has 0 bridgehead atoms. The summed E-state index contributed by atoms with van der Waals surface area (Å²) in [5.74, 6) is 0.348. The van der Waals surface area contributed by atoms with E-state index in [1.54, 1.807) is 6.92 Å². The third-order valence-electron chi connectivity index (χ3n) is 3.10. The van der Waals surface area contributed by atoms with Crippen molar-refractivity contribution in [3.8, 4) is 0 Å². The standard InChI is InChI=1S/C18H33ClO6/c1-17(2)18(20)25-16-15-24-14-13-23-12-11-22-10-9-21-8-6-4-3-5-7-19/h1,3-16H2,2H3. The molecule has 0 amide bonds. The Morgan fingerprint density at radius 3 is 1.64 bits per heavy atom. The lowest BCUT2D eigenvalue weighted by Crippen LogP contribution is -2.14. The number of carbonyl (C=O) groups excluding carboxylic acids is 1. The lowest BCUT2D eigenvalue weighted by Gasteiger charge is -2.08. The fraction of sp³-hybridized carbons (Fsp3) is 0.833. The Kier molecular flexibility index (Phi) is 19.1. The second-order valence-corrected chi connectivity index (χ2v) is 5.85. The van der Waals surface area contributed by atoms with Gasteiger partial charge in [0.1, 0.15) is 6.61 Å². The number of hydrogen-bond acceptors (Lipinski definition) is 6. The van der Waals surface area contributed by atoms with Crippen LogP contribution in [0.15, 0.2) is 12.2 Å². The second-order valence-electron chi connectivity index (χ2n) is 5.47. The summed E-state index contributed by atoms with van der Waals surface area (Å²) in [6, 6.07) is 0. The molecule has 0 unspecified atom stereocenters. The SMILES string of the molecule is C=C(C)C(=O)OCCOCCOCCOCCOCCCCCCCl. The van der Waals surface area contributed by atoms with Crippen molar-refractivity contribution in [2.45, 2.75) is 32.6 Å². The maximum absolute atomic E-state index is 11.1. The molecule has 0 aromatic carbocycles. The lowest BCUT2D eigenvalue weighted by molar-refractivity contribution is -0.140. The van der Waals surface area contributed by atoms with E-state index in [0.717, 1.165) is 25.3 Å². The summed E-state index contributed by atoms with van der Waals surface area (Å²) in [7, 11) is 0. The van der Waals surface area contributed by atoms with Crippen molar-refractivity contribution in [2.75, 3.05) is 65.3 Å². The zero-order valence-electron chi connectivity index (χ0n) is 15.4. The van der Waals surface area contributed by atoms with Gasteiger partial charge in [0.05, 0.1) is 46.2 Å². The van der Waals surface area contributed by atoms with Crippen molar-refractivity contribution in [3.05, 3.63) is 12.2 Å². The summed E-state index contributed by atoms with van der Waals surface area (Å²) in [5, 5.41) is 0. The van der Waals surface area contributed by atoms with Gasteiger partial charge in [-0.1, -0.05) is 19.4 Å². The molecule has 0 fully saturated rings. The molecule has 0 spiro atoms. The molecule has 0 radical (unpaired) electrons. The van der Waals surface area contributed by atoms with Crippen molar-refractivity contribution in [3.63, 3.8) is 0 Å². The molecule has 0 heterocycles. The molecule has 25 heavy (non-hydrogen) atoms. The van der Waals surface area contributed by atoms with E-state index in [0.29, 0.717) is 51.8 Å². The van der Waals surface area contributed by atoms with E-state index in [4.69, 9.17) is 35.3 Å². The maximum atomic E-state index is 11.1. The molecule has 0 aliphatic heterocycles. The van der Waals surface area contributed by atoms with Gasteiger partial charge in [-0.25, -0.2) is 4.79 Å². The summed E-state index contributed by atoms with van der Waals surface area (Å²) >= 11 is 5.61. The number of alkyl halides is 1. The largest absolute Gasteiger partial charge is 0.460 e. The smallest absolute Gasteiger partial charge is 0.333 e. The Balaban J connectivity index is 3.05. The highest BCUT2D eigenvalue weighted by Crippen LogP contribution is 2.01. The monoisotopic (exact) mass is 380 g/mol. The second kappa shape index (κ2) is 19.7. The van der Waals surface area contributed by atoms with Gasteiger partial charge in [-0.05, 0) is 19.8 Å². The number of ether oxygens (including phenoxy) is 5. The van der Waals surface area contributed by atoms with Gasteiger partial charge < -0.3 is 23.7 Å². The molecule has 0 saturated heterocycles. The maximum Gasteiger partial charge on any atom is 0.333 e. The van der Waals surface area contributed by atoms with Gasteiger partial charge in [-0.3, -0.25) is 0 Å². The Bertz CT molecular complexity index is 325. The first kappa shape index (κ1) is 24.3. The van der Waals surface area contributed by atoms with Gasteiger partial charge in [0.2, 0.25) is 0 Å². The minimum Gasteiger partial charge on any atom is -0.460 e. The van der Waals surface area contributed by atoms with Gasteiger partial charge in [0.15, 0.2) is 0 Å². The van der Waals surface area contributed by atoms with Crippen LogP contribution in [0.5, 0.6) is 0 Å². The van der Waals surface area contributed by atoms with Crippen LogP contribution in [0.2, 0.25) is 0 Å². The van der Waals surface area contributed by atoms with Crippen molar-refractivity contribution in [1.82, 2.24) is 0 Å². The molecule has 0 N–H and O–H groups in total. The lowest BCUT2D eigenvalue weighted by atomic mass is 10.2. The van der Waals surface area contributed by atoms with Crippen LogP contribution in [0.3, 0.4) is 0 Å². The molecular formula is C18H33ClO6. The van der Waals surface area contributed by atoms with Crippen molar-refractivity contribution in [1.29, 1.82) is 0 Å². The van der Waals surface area contributed by atoms with Crippen molar-refractivity contribution >= 4 is 17.6 Å². The summed E-state index contributed by atoms with van der Waals surface area (Å²) in [6.45, 7) is 9.64. The number of halogens is 1. The predicted molar refractivity (Wildman–Crippen MR) is 98.2 cm³/mol. The Morgan fingerprint density at radius 1 is 0.720 bits per heavy atom. The van der Waals surface area contributed by atoms with Crippen LogP contribution in [0.25, 0.3) is 0 Å². The fourth-order valence-corrected chi connectivity index (χ4v) is 1.92. The quantitative estimate of drug-likeness (QED) is 0.148. The van der Waals surface area contributed by atoms with Gasteiger partial charge in [-0.15, -0.1) is 11.6 Å². The Labute approximate surface area is 156 Å². The summed E-state index contributed by atoms with van der Waals surface area (Å²) in [5.41, 5.74) is 0.385. The molecule has 0 aromatic heterocycles. The first-order valence-corrected chi connectivity index (χ1v) is 9.41. The number of hydrogen-bond donors (Lipinski definition) is 0. The van der Waals surface area contributed by atoms with E-state index in [1.165, 1.54) is 12.8 Å². The number of unbranched alkanes of at least 4 members (excludes halogenated alkanes) is 3. The number of carbonyl (C=O) groups is 1. The molecule has 0 saturated carbocycles. The summed E-state index contributed by atoms with van der Waals surface area (Å²) < 4.78 is 26.4. The molecule has 6 nitrogen and oxygen atoms in total. The van der Waals surface area contributed by atoms with E-state index in [9.17, 15) is 4.79 Å². The molecule has 0 aliphatic carbocycles. The third-order valence-corrected chi connectivity index (χ3v) is 3.36. The average Bonchev–Trinajstić information content (AvgIpc) is 2.60. The van der Waals surface area contributed by atoms with Crippen LogP contribution in [-0.4, -0.2) is 71.3 Å². The third kappa shape index (κ3) is 19.5. The van der Waals surface area contributed by atoms with E-state index in [2.05, 4.69) is 6.58 Å². The average molecular weight is 381 g/mol. The Morgan fingerprint density at radius 2 is 1.16 bits per heavy atom. The van der Waals surface area contributed by atoms with Crippen LogP contribution in [-0.2, 0) is 28.5 Å². The fourth-order valence-electron chi connectivity index (χ4n) is 1.73. The molecule has 0 aromatic rings. The van der Waals surface area contributed by atoms with Crippen LogP contribution in [0, 0.1) is 0 Å². The van der Waals surface area contributed by atoms with Crippen molar-refractivity contribution < 1.29 is 28.5 Å². The van der Waals surface area contributed by atoms with Crippen LogP contribution in [0.4, 0.5) is 0 Å². The normalized spacial score (nSPS) is 10.8. The highest BCUT2D eigenvalue weighted by Gasteiger charge is 2.01. The number of esters is 1. The van der Waals surface area contributed by atoms with E-state index in [-0.39, 0.29) is 6.61 Å². The first-order valence-electron chi connectivity index (χ1n) is 8.88. The van der Waals surface area contributed by atoms with Gasteiger partial charge in [0.25, 0.3) is 0 Å². The molecule has 148 valence electrons. The van der Waals surface area contributed by atoms with Crippen LogP contribution >= 0.6 is 11.6 Å². The predicted octanol–water partition coefficient (Wildman–Crippen LogP) is 2.97. The highest BCUT2D eigenvalue weighted by atomic mass is 35.5. The summed E-state index contributed by atoms with van der Waals surface area (Å²) in [4.78, 5) is 11.1. The van der Waals surface area contributed by atoms with Gasteiger partial charge in [-0.2, -0.15) is 0 Å². The molecule has 7 heteroatoms. The van der Waals surface area contributed by atoms with Crippen LogP contribution < -0.4 is 0 Å². The molecule has 0 rings (SSSR count). The first-order chi connectivity index (χ1) is 12.2. The zero-order valence-corrected chi connectivity index (χ0v) is 16.2. The van der Waals surface area contributed by atoms with Crippen LogP contribution in [0.1, 0.15) is 32.6 Å². The highest BCUT2D eigenvalue weighted by molar-refractivity contribution is 6.17. The van der Waals surface area contributed by atoms with Gasteiger partial charge in [0, 0.05) is 18.1 Å². The molecular weight excluding hydrogens is 348 g/mol. The molecule has 0 aliphatic rings. The zero-order chi connectivity index (χ0) is 18.6. The van der Waals surface area contributed by atoms with E-state index < -0.39 is 5.97 Å².